The maximum Gasteiger partial charge on any atom is 1.00 e. The van der Waals surface area contributed by atoms with Gasteiger partial charge in [0.1, 0.15) is 0 Å². The molecule has 9 heteroatoms. The zero-order valence-corrected chi connectivity index (χ0v) is 11.4. The summed E-state index contributed by atoms with van der Waals surface area (Å²) >= 11 is -2.72. The minimum Gasteiger partial charge on any atom is -0.768 e. The Morgan fingerprint density at radius 2 is 1.82 bits per heavy atom. The predicted molar refractivity (Wildman–Crippen MR) is 48.3 cm³/mol. The number of nitrogens with one attached hydrogen (secondary N) is 1. The zero-order chi connectivity index (χ0) is 12.3. The first-order valence-electron chi connectivity index (χ1n) is 3.89. The first kappa shape index (κ1) is 16.6. The Hall–Kier alpha value is -0.410. The van der Waals surface area contributed by atoms with Crippen LogP contribution < -0.4 is 34.9 Å². The predicted octanol–water partition coefficient (Wildman–Crippen LogP) is -1.57. The van der Waals surface area contributed by atoms with Crippen molar-refractivity contribution in [2.24, 2.45) is 0 Å². The normalized spacial score (nSPS) is 12.5. The molecular formula is C8H5F3NNaO3S. The molecule has 1 N–H and O–H groups in total. The van der Waals surface area contributed by atoms with Crippen molar-refractivity contribution in [3.63, 3.8) is 0 Å². The second-order valence-corrected chi connectivity index (χ2v) is 3.59. The van der Waals surface area contributed by atoms with E-state index in [-0.39, 0.29) is 29.6 Å². The van der Waals surface area contributed by atoms with Crippen molar-refractivity contribution < 1.29 is 56.3 Å². The molecule has 1 unspecified atom stereocenters. The van der Waals surface area contributed by atoms with Gasteiger partial charge in [0, 0.05) is 4.90 Å². The van der Waals surface area contributed by atoms with E-state index in [0.29, 0.717) is 0 Å². The van der Waals surface area contributed by atoms with Crippen molar-refractivity contribution in [2.75, 3.05) is 5.32 Å². The third-order valence-corrected chi connectivity index (χ3v) is 2.29. The van der Waals surface area contributed by atoms with Crippen molar-refractivity contribution in [1.29, 1.82) is 0 Å². The van der Waals surface area contributed by atoms with Gasteiger partial charge in [-0.05, 0) is 23.2 Å². The van der Waals surface area contributed by atoms with E-state index in [1.54, 1.807) is 0 Å². The van der Waals surface area contributed by atoms with Gasteiger partial charge in [0.15, 0.2) is 0 Å². The van der Waals surface area contributed by atoms with E-state index in [4.69, 9.17) is 0 Å². The molecule has 0 bridgehead atoms. The van der Waals surface area contributed by atoms with Gasteiger partial charge in [-0.15, -0.1) is 0 Å². The second-order valence-electron chi connectivity index (χ2n) is 2.68. The van der Waals surface area contributed by atoms with E-state index < -0.39 is 33.7 Å². The van der Waals surface area contributed by atoms with E-state index in [9.17, 15) is 26.7 Å². The summed E-state index contributed by atoms with van der Waals surface area (Å²) in [6.07, 6.45) is -5.06. The standard InChI is InChI=1S/C8H6F3NO3S.Na/c9-8(10,11)7(13)12-5-3-1-2-4-6(5)16(14)15;/h1-4H,(H,12,13)(H,14,15);/q;+1/p-1. The van der Waals surface area contributed by atoms with Crippen LogP contribution in [-0.4, -0.2) is 20.8 Å². The summed E-state index contributed by atoms with van der Waals surface area (Å²) in [5.74, 6) is -2.22. The number of halogens is 3. The molecule has 1 atom stereocenters. The number of hydrogen-bond donors (Lipinski definition) is 1. The molecule has 0 aliphatic rings. The Bertz CT molecular complexity index is 438. The van der Waals surface area contributed by atoms with Crippen LogP contribution in [-0.2, 0) is 15.9 Å². The van der Waals surface area contributed by atoms with Crippen molar-refractivity contribution >= 4 is 22.7 Å². The van der Waals surface area contributed by atoms with E-state index >= 15 is 0 Å². The smallest absolute Gasteiger partial charge is 0.768 e. The third-order valence-electron chi connectivity index (χ3n) is 1.57. The Labute approximate surface area is 119 Å². The molecule has 0 spiro atoms. The molecule has 1 aromatic carbocycles. The van der Waals surface area contributed by atoms with Crippen LogP contribution in [0.25, 0.3) is 0 Å². The average molecular weight is 275 g/mol. The molecule has 1 aromatic rings. The average Bonchev–Trinajstić information content (AvgIpc) is 2.16. The number of carbonyl (C=O) groups excluding carboxylic acids is 1. The van der Waals surface area contributed by atoms with Crippen LogP contribution in [0.4, 0.5) is 18.9 Å². The number of benzene rings is 1. The quantitative estimate of drug-likeness (QED) is 0.523. The zero-order valence-electron chi connectivity index (χ0n) is 8.58. The molecule has 0 radical (unpaired) electrons. The van der Waals surface area contributed by atoms with Crippen LogP contribution in [0.1, 0.15) is 0 Å². The van der Waals surface area contributed by atoms with Crippen molar-refractivity contribution in [3.05, 3.63) is 24.3 Å². The van der Waals surface area contributed by atoms with Gasteiger partial charge in [-0.25, -0.2) is 0 Å². The van der Waals surface area contributed by atoms with E-state index in [1.165, 1.54) is 17.4 Å². The van der Waals surface area contributed by atoms with Gasteiger partial charge in [0.05, 0.1) is 5.69 Å². The molecule has 0 aliphatic heterocycles. The van der Waals surface area contributed by atoms with Gasteiger partial charge < -0.3 is 9.87 Å². The molecule has 0 heterocycles. The van der Waals surface area contributed by atoms with Gasteiger partial charge in [-0.1, -0.05) is 12.1 Å². The van der Waals surface area contributed by atoms with Crippen molar-refractivity contribution in [1.82, 2.24) is 0 Å². The van der Waals surface area contributed by atoms with Crippen LogP contribution in [0.2, 0.25) is 0 Å². The van der Waals surface area contributed by atoms with Crippen molar-refractivity contribution in [3.8, 4) is 0 Å². The Kier molecular flexibility index (Phi) is 6.35. The molecule has 0 saturated heterocycles. The second kappa shape index (κ2) is 6.50. The Morgan fingerprint density at radius 1 is 1.29 bits per heavy atom. The fourth-order valence-electron chi connectivity index (χ4n) is 0.908. The molecule has 1 amide bonds. The van der Waals surface area contributed by atoms with Gasteiger partial charge in [0.25, 0.3) is 0 Å². The molecular weight excluding hydrogens is 270 g/mol. The number of amides is 1. The molecule has 1 rings (SSSR count). The largest absolute Gasteiger partial charge is 1.00 e. The fraction of sp³-hybridized carbons (Fsp3) is 0.125. The van der Waals surface area contributed by atoms with Crippen LogP contribution >= 0.6 is 0 Å². The van der Waals surface area contributed by atoms with Crippen molar-refractivity contribution in [2.45, 2.75) is 11.1 Å². The first-order valence-corrected chi connectivity index (χ1v) is 4.96. The molecule has 0 fully saturated rings. The van der Waals surface area contributed by atoms with Crippen LogP contribution in [0.3, 0.4) is 0 Å². The first-order chi connectivity index (χ1) is 7.32. The van der Waals surface area contributed by atoms with Gasteiger partial charge in [-0.3, -0.25) is 9.00 Å². The molecule has 0 aliphatic carbocycles. The summed E-state index contributed by atoms with van der Waals surface area (Å²) in [5.41, 5.74) is -0.404. The monoisotopic (exact) mass is 275 g/mol. The number of rotatable bonds is 2. The van der Waals surface area contributed by atoms with E-state index in [1.807, 2.05) is 0 Å². The Balaban J connectivity index is 0.00000256. The third kappa shape index (κ3) is 4.76. The minimum absolute atomic E-state index is 0. The Morgan fingerprint density at radius 3 is 2.29 bits per heavy atom. The van der Waals surface area contributed by atoms with Crippen LogP contribution in [0.15, 0.2) is 29.2 Å². The molecule has 4 nitrogen and oxygen atoms in total. The number of hydrogen-bond acceptors (Lipinski definition) is 3. The number of anilines is 1. The number of carbonyl (C=O) groups is 1. The number of alkyl halides is 3. The fourth-order valence-corrected chi connectivity index (χ4v) is 1.40. The topological polar surface area (TPSA) is 69.2 Å². The summed E-state index contributed by atoms with van der Waals surface area (Å²) in [6, 6.07) is 4.78. The summed E-state index contributed by atoms with van der Waals surface area (Å²) in [5, 5.41) is 1.47. The molecule has 0 aromatic heterocycles. The van der Waals surface area contributed by atoms with Gasteiger partial charge >= 0.3 is 41.6 Å². The van der Waals surface area contributed by atoms with Gasteiger partial charge in [0.2, 0.25) is 0 Å². The van der Waals surface area contributed by atoms with E-state index in [0.717, 1.165) is 12.1 Å². The SMILES string of the molecule is O=C(Nc1ccccc1S(=O)[O-])C(F)(F)F.[Na+]. The maximum atomic E-state index is 11.9. The summed E-state index contributed by atoms with van der Waals surface area (Å²) < 4.78 is 56.9. The maximum absolute atomic E-state index is 11.9. The van der Waals surface area contributed by atoms with Gasteiger partial charge in [-0.2, -0.15) is 13.2 Å². The minimum atomic E-state index is -5.06. The van der Waals surface area contributed by atoms with E-state index in [2.05, 4.69) is 0 Å². The molecule has 88 valence electrons. The van der Waals surface area contributed by atoms with Crippen LogP contribution in [0, 0.1) is 0 Å². The summed E-state index contributed by atoms with van der Waals surface area (Å²) in [6.45, 7) is 0. The summed E-state index contributed by atoms with van der Waals surface area (Å²) in [7, 11) is 0. The van der Waals surface area contributed by atoms with Crippen LogP contribution in [0.5, 0.6) is 0 Å². The molecule has 17 heavy (non-hydrogen) atoms. The number of para-hydroxylation sites is 1. The summed E-state index contributed by atoms with van der Waals surface area (Å²) in [4.78, 5) is 10.2. The molecule has 0 saturated carbocycles.